The fraction of sp³-hybridized carbons (Fsp3) is 0.286. The summed E-state index contributed by atoms with van der Waals surface area (Å²) in [5, 5.41) is 9.58. The maximum absolute atomic E-state index is 12.4. The molecule has 0 saturated carbocycles. The first-order valence-corrected chi connectivity index (χ1v) is 10.2. The lowest BCUT2D eigenvalue weighted by molar-refractivity contribution is -0.127. The Morgan fingerprint density at radius 1 is 1.04 bits per heavy atom. The Kier molecular flexibility index (Phi) is 5.25. The number of benzene rings is 2. The van der Waals surface area contributed by atoms with Crippen LogP contribution >= 0.6 is 11.8 Å². The topological polar surface area (TPSA) is 51.0 Å². The van der Waals surface area contributed by atoms with Gasteiger partial charge in [-0.3, -0.25) is 9.36 Å². The second-order valence-corrected chi connectivity index (χ2v) is 7.67. The summed E-state index contributed by atoms with van der Waals surface area (Å²) in [4.78, 5) is 14.4. The Balaban J connectivity index is 1.67. The predicted molar refractivity (Wildman–Crippen MR) is 108 cm³/mol. The van der Waals surface area contributed by atoms with Crippen molar-refractivity contribution in [1.29, 1.82) is 0 Å². The molecule has 3 aromatic rings. The largest absolute Gasteiger partial charge is 0.342 e. The monoisotopic (exact) mass is 378 g/mol. The second-order valence-electron chi connectivity index (χ2n) is 6.72. The number of aryl methyl sites for hydroxylation is 1. The Labute approximate surface area is 163 Å². The van der Waals surface area contributed by atoms with Gasteiger partial charge in [-0.1, -0.05) is 54.2 Å². The van der Waals surface area contributed by atoms with Crippen molar-refractivity contribution < 1.29 is 4.79 Å². The van der Waals surface area contributed by atoms with Crippen LogP contribution in [-0.2, 0) is 4.79 Å². The third-order valence-corrected chi connectivity index (χ3v) is 5.62. The number of rotatable bonds is 5. The number of thioether (sulfide) groups is 1. The summed E-state index contributed by atoms with van der Waals surface area (Å²) in [7, 11) is 0. The molecule has 0 aliphatic carbocycles. The van der Waals surface area contributed by atoms with Crippen LogP contribution in [0.1, 0.15) is 18.4 Å². The molecule has 0 radical (unpaired) electrons. The normalized spacial score (nSPS) is 13.9. The van der Waals surface area contributed by atoms with E-state index >= 15 is 0 Å². The molecular formula is C21H22N4OS. The van der Waals surface area contributed by atoms with Gasteiger partial charge >= 0.3 is 0 Å². The lowest BCUT2D eigenvalue weighted by Crippen LogP contribution is -2.29. The molecule has 5 nitrogen and oxygen atoms in total. The molecule has 0 N–H and O–H groups in total. The molecule has 27 heavy (non-hydrogen) atoms. The Hall–Kier alpha value is -2.60. The van der Waals surface area contributed by atoms with Gasteiger partial charge in [0.1, 0.15) is 0 Å². The van der Waals surface area contributed by atoms with Crippen LogP contribution in [0.15, 0.2) is 59.8 Å². The molecule has 1 aliphatic rings. The molecule has 1 saturated heterocycles. The van der Waals surface area contributed by atoms with E-state index < -0.39 is 0 Å². The van der Waals surface area contributed by atoms with Gasteiger partial charge in [0.05, 0.1) is 5.75 Å². The van der Waals surface area contributed by atoms with Crippen LogP contribution in [0.25, 0.3) is 17.1 Å². The van der Waals surface area contributed by atoms with Crippen molar-refractivity contribution in [1.82, 2.24) is 19.7 Å². The van der Waals surface area contributed by atoms with E-state index in [-0.39, 0.29) is 5.91 Å². The number of nitrogens with zero attached hydrogens (tertiary/aromatic N) is 4. The standard InChI is InChI=1S/C21H22N4OS/c1-16-8-7-11-18(14-16)25-20(17-9-3-2-4-10-17)22-23-21(25)27-15-19(26)24-12-5-6-13-24/h2-4,7-11,14H,5-6,12-13,15H2,1H3. The van der Waals surface area contributed by atoms with Crippen LogP contribution in [0.3, 0.4) is 0 Å². The lowest BCUT2D eigenvalue weighted by atomic mass is 10.2. The van der Waals surface area contributed by atoms with E-state index in [1.807, 2.05) is 45.9 Å². The zero-order chi connectivity index (χ0) is 18.6. The zero-order valence-corrected chi connectivity index (χ0v) is 16.2. The molecule has 4 rings (SSSR count). The van der Waals surface area contributed by atoms with Gasteiger partial charge in [-0.2, -0.15) is 0 Å². The molecule has 138 valence electrons. The van der Waals surface area contributed by atoms with Gasteiger partial charge in [-0.05, 0) is 37.5 Å². The molecule has 1 amide bonds. The SMILES string of the molecule is Cc1cccc(-n2c(SCC(=O)N3CCCC3)nnc2-c2ccccc2)c1. The zero-order valence-electron chi connectivity index (χ0n) is 15.3. The molecular weight excluding hydrogens is 356 g/mol. The third kappa shape index (κ3) is 3.90. The van der Waals surface area contributed by atoms with E-state index in [1.54, 1.807) is 0 Å². The number of carbonyl (C=O) groups excluding carboxylic acids is 1. The quantitative estimate of drug-likeness (QED) is 0.631. The Morgan fingerprint density at radius 2 is 1.81 bits per heavy atom. The summed E-state index contributed by atoms with van der Waals surface area (Å²) in [6, 6.07) is 18.3. The van der Waals surface area contributed by atoms with E-state index in [0.717, 1.165) is 48.2 Å². The molecule has 0 atom stereocenters. The number of amides is 1. The highest BCUT2D eigenvalue weighted by molar-refractivity contribution is 7.99. The van der Waals surface area contributed by atoms with Crippen molar-refractivity contribution in [2.75, 3.05) is 18.8 Å². The molecule has 1 aliphatic heterocycles. The van der Waals surface area contributed by atoms with E-state index in [9.17, 15) is 4.79 Å². The highest BCUT2D eigenvalue weighted by Gasteiger charge is 2.21. The molecule has 0 bridgehead atoms. The average Bonchev–Trinajstić information content (AvgIpc) is 3.37. The van der Waals surface area contributed by atoms with Crippen molar-refractivity contribution in [3.8, 4) is 17.1 Å². The van der Waals surface area contributed by atoms with E-state index in [0.29, 0.717) is 5.75 Å². The summed E-state index contributed by atoms with van der Waals surface area (Å²) in [5.41, 5.74) is 3.18. The van der Waals surface area contributed by atoms with Gasteiger partial charge in [0.25, 0.3) is 0 Å². The first kappa shape index (κ1) is 17.8. The van der Waals surface area contributed by atoms with Gasteiger partial charge in [0, 0.05) is 24.3 Å². The third-order valence-electron chi connectivity index (χ3n) is 4.71. The van der Waals surface area contributed by atoms with Crippen molar-refractivity contribution in [3.63, 3.8) is 0 Å². The van der Waals surface area contributed by atoms with Gasteiger partial charge < -0.3 is 4.90 Å². The summed E-state index contributed by atoms with van der Waals surface area (Å²) >= 11 is 1.46. The first-order chi connectivity index (χ1) is 13.2. The van der Waals surface area contributed by atoms with Gasteiger partial charge in [-0.15, -0.1) is 10.2 Å². The smallest absolute Gasteiger partial charge is 0.233 e. The summed E-state index contributed by atoms with van der Waals surface area (Å²) in [6.45, 7) is 3.82. The molecule has 0 spiro atoms. The molecule has 2 aromatic carbocycles. The lowest BCUT2D eigenvalue weighted by Gasteiger charge is -2.15. The number of likely N-dealkylation sites (tertiary alicyclic amines) is 1. The average molecular weight is 379 g/mol. The number of aromatic nitrogens is 3. The van der Waals surface area contributed by atoms with Crippen molar-refractivity contribution >= 4 is 17.7 Å². The molecule has 1 aromatic heterocycles. The van der Waals surface area contributed by atoms with Crippen LogP contribution in [0, 0.1) is 6.92 Å². The van der Waals surface area contributed by atoms with Crippen molar-refractivity contribution in [2.45, 2.75) is 24.9 Å². The van der Waals surface area contributed by atoms with E-state index in [2.05, 4.69) is 35.3 Å². The Bertz CT molecular complexity index is 932. The van der Waals surface area contributed by atoms with Gasteiger partial charge in [0.15, 0.2) is 11.0 Å². The minimum atomic E-state index is 0.178. The maximum Gasteiger partial charge on any atom is 0.233 e. The predicted octanol–water partition coefficient (Wildman–Crippen LogP) is 3.96. The van der Waals surface area contributed by atoms with Gasteiger partial charge in [0.2, 0.25) is 5.91 Å². The molecule has 6 heteroatoms. The highest BCUT2D eigenvalue weighted by Crippen LogP contribution is 2.28. The van der Waals surface area contributed by atoms with Crippen LogP contribution in [-0.4, -0.2) is 44.4 Å². The highest BCUT2D eigenvalue weighted by atomic mass is 32.2. The van der Waals surface area contributed by atoms with E-state index in [1.165, 1.54) is 17.3 Å². The van der Waals surface area contributed by atoms with E-state index in [4.69, 9.17) is 0 Å². The van der Waals surface area contributed by atoms with Crippen LogP contribution in [0.5, 0.6) is 0 Å². The Morgan fingerprint density at radius 3 is 2.56 bits per heavy atom. The van der Waals surface area contributed by atoms with Gasteiger partial charge in [-0.25, -0.2) is 0 Å². The first-order valence-electron chi connectivity index (χ1n) is 9.21. The molecule has 2 heterocycles. The van der Waals surface area contributed by atoms with Crippen molar-refractivity contribution in [3.05, 3.63) is 60.2 Å². The minimum absolute atomic E-state index is 0.178. The minimum Gasteiger partial charge on any atom is -0.342 e. The second kappa shape index (κ2) is 7.96. The fourth-order valence-electron chi connectivity index (χ4n) is 3.32. The van der Waals surface area contributed by atoms with Crippen LogP contribution < -0.4 is 0 Å². The molecule has 0 unspecified atom stereocenters. The number of carbonyl (C=O) groups is 1. The van der Waals surface area contributed by atoms with Crippen LogP contribution in [0.4, 0.5) is 0 Å². The molecule has 1 fully saturated rings. The van der Waals surface area contributed by atoms with Crippen molar-refractivity contribution in [2.24, 2.45) is 0 Å². The maximum atomic E-state index is 12.4. The van der Waals surface area contributed by atoms with Crippen LogP contribution in [0.2, 0.25) is 0 Å². The summed E-state index contributed by atoms with van der Waals surface area (Å²) < 4.78 is 2.05. The fourth-order valence-corrected chi connectivity index (χ4v) is 4.18. The number of hydrogen-bond donors (Lipinski definition) is 0. The summed E-state index contributed by atoms with van der Waals surface area (Å²) in [6.07, 6.45) is 2.21. The summed E-state index contributed by atoms with van der Waals surface area (Å²) in [5.74, 6) is 1.36. The number of hydrogen-bond acceptors (Lipinski definition) is 4.